The third-order valence-electron chi connectivity index (χ3n) is 3.78. The number of aromatic nitrogens is 1. The summed E-state index contributed by atoms with van der Waals surface area (Å²) in [5.41, 5.74) is 3.53. The van der Waals surface area contributed by atoms with Gasteiger partial charge in [-0.05, 0) is 47.9 Å². The Balaban J connectivity index is 1.80. The van der Waals surface area contributed by atoms with Gasteiger partial charge >= 0.3 is 0 Å². The van der Waals surface area contributed by atoms with Gasteiger partial charge in [-0.2, -0.15) is 0 Å². The number of hydrogen-bond acceptors (Lipinski definition) is 3. The minimum absolute atomic E-state index is 0.201. The van der Waals surface area contributed by atoms with Gasteiger partial charge in [-0.15, -0.1) is 0 Å². The molecule has 0 saturated heterocycles. The number of sulfonamides is 1. The van der Waals surface area contributed by atoms with Crippen molar-refractivity contribution in [2.24, 2.45) is 0 Å². The van der Waals surface area contributed by atoms with Crippen LogP contribution in [0.5, 0.6) is 0 Å². The second kappa shape index (κ2) is 7.35. The summed E-state index contributed by atoms with van der Waals surface area (Å²) in [6, 6.07) is 16.3. The van der Waals surface area contributed by atoms with Crippen LogP contribution in [0.15, 0.2) is 71.9 Å². The maximum absolute atomic E-state index is 12.4. The lowest BCUT2D eigenvalue weighted by molar-refractivity contribution is 0.581. The first-order chi connectivity index (χ1) is 12.0. The van der Waals surface area contributed by atoms with Gasteiger partial charge in [0.2, 0.25) is 10.0 Å². The molecule has 0 amide bonds. The van der Waals surface area contributed by atoms with Crippen LogP contribution in [0.4, 0.5) is 0 Å². The van der Waals surface area contributed by atoms with Crippen molar-refractivity contribution in [3.05, 3.63) is 83.1 Å². The monoisotopic (exact) mass is 372 g/mol. The molecule has 0 radical (unpaired) electrons. The zero-order valence-electron chi connectivity index (χ0n) is 13.6. The zero-order chi connectivity index (χ0) is 17.9. The normalized spacial score (nSPS) is 11.4. The minimum atomic E-state index is -3.55. The summed E-state index contributed by atoms with van der Waals surface area (Å²) in [4.78, 5) is 4.24. The van der Waals surface area contributed by atoms with Crippen molar-refractivity contribution in [1.29, 1.82) is 0 Å². The average Bonchev–Trinajstić information content (AvgIpc) is 2.61. The van der Waals surface area contributed by atoms with E-state index in [1.165, 1.54) is 0 Å². The molecule has 25 heavy (non-hydrogen) atoms. The quantitative estimate of drug-likeness (QED) is 0.730. The maximum atomic E-state index is 12.4. The number of halogens is 1. The Bertz CT molecular complexity index is 1000. The second-order valence-electron chi connectivity index (χ2n) is 5.70. The molecule has 1 aromatic heterocycles. The van der Waals surface area contributed by atoms with E-state index in [2.05, 4.69) is 9.71 Å². The topological polar surface area (TPSA) is 59.1 Å². The number of nitrogens with one attached hydrogen (secondary N) is 1. The Hall–Kier alpha value is -2.21. The lowest BCUT2D eigenvalue weighted by atomic mass is 10.0. The molecule has 1 N–H and O–H groups in total. The molecule has 0 aliphatic rings. The number of hydrogen-bond donors (Lipinski definition) is 1. The highest BCUT2D eigenvalue weighted by Crippen LogP contribution is 2.27. The van der Waals surface area contributed by atoms with Crippen LogP contribution in [0.2, 0.25) is 5.02 Å². The molecule has 2 aromatic carbocycles. The van der Waals surface area contributed by atoms with Crippen LogP contribution in [-0.4, -0.2) is 13.4 Å². The van der Waals surface area contributed by atoms with Crippen LogP contribution in [0.1, 0.15) is 11.1 Å². The van der Waals surface area contributed by atoms with Gasteiger partial charge in [0.25, 0.3) is 0 Å². The van der Waals surface area contributed by atoms with Crippen LogP contribution in [-0.2, 0) is 16.6 Å². The summed E-state index contributed by atoms with van der Waals surface area (Å²) >= 11 is 6.18. The molecule has 1 heterocycles. The molecule has 0 aliphatic heterocycles. The van der Waals surface area contributed by atoms with Gasteiger partial charge in [0.15, 0.2) is 0 Å². The van der Waals surface area contributed by atoms with Crippen molar-refractivity contribution in [3.8, 4) is 11.1 Å². The lowest BCUT2D eigenvalue weighted by Gasteiger charge is -2.09. The first kappa shape index (κ1) is 17.6. The highest BCUT2D eigenvalue weighted by molar-refractivity contribution is 7.89. The molecule has 0 aliphatic carbocycles. The summed E-state index contributed by atoms with van der Waals surface area (Å²) in [6.45, 7) is 2.06. The van der Waals surface area contributed by atoms with E-state index in [-0.39, 0.29) is 11.4 Å². The van der Waals surface area contributed by atoms with E-state index in [1.807, 2.05) is 43.3 Å². The van der Waals surface area contributed by atoms with Gasteiger partial charge < -0.3 is 0 Å². The Labute approximate surface area is 152 Å². The Morgan fingerprint density at radius 2 is 1.88 bits per heavy atom. The van der Waals surface area contributed by atoms with E-state index in [0.29, 0.717) is 5.02 Å². The molecule has 0 fully saturated rings. The molecule has 4 nitrogen and oxygen atoms in total. The second-order valence-corrected chi connectivity index (χ2v) is 7.87. The van der Waals surface area contributed by atoms with Gasteiger partial charge in [-0.1, -0.05) is 41.9 Å². The van der Waals surface area contributed by atoms with Gasteiger partial charge in [-0.25, -0.2) is 13.1 Å². The predicted octanol–water partition coefficient (Wildman–Crippen LogP) is 4.19. The summed E-state index contributed by atoms with van der Waals surface area (Å²) in [5.74, 6) is 0. The third kappa shape index (κ3) is 4.25. The first-order valence-corrected chi connectivity index (χ1v) is 9.57. The van der Waals surface area contributed by atoms with Crippen molar-refractivity contribution in [3.63, 3.8) is 0 Å². The number of benzene rings is 2. The number of rotatable bonds is 5. The maximum Gasteiger partial charge on any atom is 0.240 e. The van der Waals surface area contributed by atoms with Gasteiger partial charge in [0.1, 0.15) is 0 Å². The number of aryl methyl sites for hydroxylation is 1. The van der Waals surface area contributed by atoms with Crippen LogP contribution in [0.25, 0.3) is 11.1 Å². The summed E-state index contributed by atoms with van der Waals surface area (Å²) in [5, 5.41) is 0.556. The fourth-order valence-electron chi connectivity index (χ4n) is 2.50. The Morgan fingerprint density at radius 1 is 1.08 bits per heavy atom. The minimum Gasteiger partial charge on any atom is -0.263 e. The van der Waals surface area contributed by atoms with E-state index >= 15 is 0 Å². The summed E-state index contributed by atoms with van der Waals surface area (Å²) in [7, 11) is -3.55. The van der Waals surface area contributed by atoms with Crippen molar-refractivity contribution >= 4 is 21.6 Å². The van der Waals surface area contributed by atoms with E-state index in [1.54, 1.807) is 30.6 Å². The molecular formula is C19H17ClN2O2S. The molecule has 0 saturated carbocycles. The Morgan fingerprint density at radius 3 is 2.64 bits per heavy atom. The zero-order valence-corrected chi connectivity index (χ0v) is 15.2. The molecule has 3 rings (SSSR count). The SMILES string of the molecule is Cc1cccc(S(=O)(=O)NCc2cccc(-c3ccncc3Cl)c2)c1. The molecular weight excluding hydrogens is 356 g/mol. The van der Waals surface area contributed by atoms with Crippen molar-refractivity contribution in [1.82, 2.24) is 9.71 Å². The van der Waals surface area contributed by atoms with Crippen LogP contribution in [0, 0.1) is 6.92 Å². The van der Waals surface area contributed by atoms with E-state index in [9.17, 15) is 8.42 Å². The third-order valence-corrected chi connectivity index (χ3v) is 5.48. The van der Waals surface area contributed by atoms with Crippen molar-refractivity contribution in [2.75, 3.05) is 0 Å². The van der Waals surface area contributed by atoms with Crippen molar-refractivity contribution < 1.29 is 8.42 Å². The molecule has 0 bridgehead atoms. The molecule has 0 spiro atoms. The van der Waals surface area contributed by atoms with Crippen LogP contribution in [0.3, 0.4) is 0 Å². The molecule has 6 heteroatoms. The van der Waals surface area contributed by atoms with Crippen LogP contribution < -0.4 is 4.72 Å². The summed E-state index contributed by atoms with van der Waals surface area (Å²) < 4.78 is 27.5. The number of nitrogens with zero attached hydrogens (tertiary/aromatic N) is 1. The highest BCUT2D eigenvalue weighted by atomic mass is 35.5. The largest absolute Gasteiger partial charge is 0.263 e. The fourth-order valence-corrected chi connectivity index (χ4v) is 3.85. The molecule has 3 aromatic rings. The highest BCUT2D eigenvalue weighted by Gasteiger charge is 2.14. The van der Waals surface area contributed by atoms with Gasteiger partial charge in [0.05, 0.1) is 9.92 Å². The first-order valence-electron chi connectivity index (χ1n) is 7.71. The van der Waals surface area contributed by atoms with Crippen molar-refractivity contribution in [2.45, 2.75) is 18.4 Å². The Kier molecular flexibility index (Phi) is 5.18. The molecule has 0 unspecified atom stereocenters. The number of pyridine rings is 1. The smallest absolute Gasteiger partial charge is 0.240 e. The predicted molar refractivity (Wildman–Crippen MR) is 99.9 cm³/mol. The fraction of sp³-hybridized carbons (Fsp3) is 0.105. The lowest BCUT2D eigenvalue weighted by Crippen LogP contribution is -2.23. The van der Waals surface area contributed by atoms with E-state index < -0.39 is 10.0 Å². The average molecular weight is 373 g/mol. The molecule has 0 atom stereocenters. The molecule has 128 valence electrons. The van der Waals surface area contributed by atoms with E-state index in [0.717, 1.165) is 22.3 Å². The summed E-state index contributed by atoms with van der Waals surface area (Å²) in [6.07, 6.45) is 3.26. The standard InChI is InChI=1S/C19H17ClN2O2S/c1-14-4-2-7-17(10-14)25(23,24)22-12-15-5-3-6-16(11-15)18-8-9-21-13-19(18)20/h2-11,13,22H,12H2,1H3. The van der Waals surface area contributed by atoms with Crippen LogP contribution >= 0.6 is 11.6 Å². The van der Waals surface area contributed by atoms with E-state index in [4.69, 9.17) is 11.6 Å². The van der Waals surface area contributed by atoms with Gasteiger partial charge in [0, 0.05) is 24.5 Å². The van der Waals surface area contributed by atoms with Gasteiger partial charge in [-0.3, -0.25) is 4.98 Å².